The molecule has 3 rings (SSSR count). The predicted octanol–water partition coefficient (Wildman–Crippen LogP) is 3.30. The highest BCUT2D eigenvalue weighted by Crippen LogP contribution is 2.23. The van der Waals surface area contributed by atoms with Crippen LogP contribution in [0, 0.1) is 16.3 Å². The van der Waals surface area contributed by atoms with Gasteiger partial charge in [-0.05, 0) is 35.6 Å². The van der Waals surface area contributed by atoms with Crippen LogP contribution in [-0.4, -0.2) is 25.6 Å². The number of hydrogen-bond acceptors (Lipinski definition) is 4. The maximum Gasteiger partial charge on any atom is 0.246 e. The zero-order chi connectivity index (χ0) is 15.0. The summed E-state index contributed by atoms with van der Waals surface area (Å²) >= 11 is 7.78. The Morgan fingerprint density at radius 3 is 2.86 bits per heavy atom. The van der Waals surface area contributed by atoms with Crippen molar-refractivity contribution < 1.29 is 8.91 Å². The summed E-state index contributed by atoms with van der Waals surface area (Å²) < 4.78 is 21.4. The third kappa shape index (κ3) is 2.89. The van der Waals surface area contributed by atoms with Gasteiger partial charge in [-0.15, -0.1) is 11.6 Å². The van der Waals surface area contributed by atoms with Crippen molar-refractivity contribution in [1.29, 1.82) is 0 Å². The van der Waals surface area contributed by atoms with Gasteiger partial charge in [0.1, 0.15) is 18.2 Å². The van der Waals surface area contributed by atoms with Gasteiger partial charge in [0.25, 0.3) is 0 Å². The molecule has 0 saturated carbocycles. The minimum atomic E-state index is -0.275. The number of nitrogens with zero attached hydrogens (tertiary/aromatic N) is 4. The van der Waals surface area contributed by atoms with E-state index in [0.717, 1.165) is 11.3 Å². The molecule has 0 amide bonds. The van der Waals surface area contributed by atoms with E-state index in [1.54, 1.807) is 13.0 Å². The van der Waals surface area contributed by atoms with Gasteiger partial charge in [-0.25, -0.2) is 9.37 Å². The van der Waals surface area contributed by atoms with Gasteiger partial charge in [0.15, 0.2) is 5.82 Å². The lowest BCUT2D eigenvalue weighted by Gasteiger charge is -2.05. The number of fused-ring (bicyclic) bond motifs is 1. The first-order chi connectivity index (χ1) is 10.1. The molecule has 1 aromatic carbocycles. The number of aryl methyl sites for hydroxylation is 2. The lowest BCUT2D eigenvalue weighted by molar-refractivity contribution is 0.367. The third-order valence-corrected chi connectivity index (χ3v) is 4.07. The summed E-state index contributed by atoms with van der Waals surface area (Å²) in [6, 6.07) is 3.20. The average molecular weight is 421 g/mol. The Bertz CT molecular complexity index is 801. The lowest BCUT2D eigenvalue weighted by atomic mass is 10.3. The van der Waals surface area contributed by atoms with E-state index >= 15 is 0 Å². The van der Waals surface area contributed by atoms with E-state index in [4.69, 9.17) is 16.1 Å². The molecule has 0 N–H and O–H groups in total. The number of imidazole rings is 1. The zero-order valence-electron chi connectivity index (χ0n) is 11.1. The molecule has 0 radical (unpaired) electrons. The van der Waals surface area contributed by atoms with Crippen molar-refractivity contribution in [2.24, 2.45) is 0 Å². The molecule has 0 saturated heterocycles. The van der Waals surface area contributed by atoms with Crippen molar-refractivity contribution in [2.45, 2.75) is 19.9 Å². The normalized spacial score (nSPS) is 11.4. The van der Waals surface area contributed by atoms with Crippen LogP contribution in [0.3, 0.4) is 0 Å². The summed E-state index contributed by atoms with van der Waals surface area (Å²) in [7, 11) is 0. The molecule has 0 fully saturated rings. The molecule has 2 aromatic heterocycles. The highest BCUT2D eigenvalue weighted by atomic mass is 127. The van der Waals surface area contributed by atoms with Crippen molar-refractivity contribution in [3.05, 3.63) is 39.1 Å². The van der Waals surface area contributed by atoms with Crippen LogP contribution in [0.15, 0.2) is 16.7 Å². The molecule has 21 heavy (non-hydrogen) atoms. The van der Waals surface area contributed by atoms with Gasteiger partial charge in [0.2, 0.25) is 5.89 Å². The molecular weight excluding hydrogens is 410 g/mol. The number of rotatable bonds is 4. The van der Waals surface area contributed by atoms with Crippen LogP contribution in [0.4, 0.5) is 4.39 Å². The van der Waals surface area contributed by atoms with E-state index in [1.165, 1.54) is 6.07 Å². The Labute approximate surface area is 138 Å². The Kier molecular flexibility index (Phi) is 4.12. The Hall–Kier alpha value is -1.22. The van der Waals surface area contributed by atoms with Crippen LogP contribution in [0.5, 0.6) is 0 Å². The molecule has 3 aromatic rings. The summed E-state index contributed by atoms with van der Waals surface area (Å²) in [6.07, 6.45) is 0.585. The second-order valence-electron chi connectivity index (χ2n) is 4.54. The van der Waals surface area contributed by atoms with Gasteiger partial charge in [0, 0.05) is 18.4 Å². The minimum absolute atomic E-state index is 0.275. The number of hydrogen-bond donors (Lipinski definition) is 0. The summed E-state index contributed by atoms with van der Waals surface area (Å²) in [6.45, 7) is 2.10. The van der Waals surface area contributed by atoms with E-state index in [1.807, 2.05) is 27.2 Å². The van der Waals surface area contributed by atoms with Crippen molar-refractivity contribution >= 4 is 45.2 Å². The van der Waals surface area contributed by atoms with Gasteiger partial charge in [-0.3, -0.25) is 0 Å². The van der Waals surface area contributed by atoms with Crippen molar-refractivity contribution in [3.8, 4) is 0 Å². The van der Waals surface area contributed by atoms with Crippen LogP contribution in [0.1, 0.15) is 17.5 Å². The van der Waals surface area contributed by atoms with E-state index in [9.17, 15) is 4.39 Å². The van der Waals surface area contributed by atoms with Crippen LogP contribution in [-0.2, 0) is 13.0 Å². The molecule has 110 valence electrons. The van der Waals surface area contributed by atoms with Gasteiger partial charge >= 0.3 is 0 Å². The zero-order valence-corrected chi connectivity index (χ0v) is 14.0. The summed E-state index contributed by atoms with van der Waals surface area (Å²) in [5.74, 6) is 1.96. The van der Waals surface area contributed by atoms with Crippen molar-refractivity contribution in [2.75, 3.05) is 5.88 Å². The van der Waals surface area contributed by atoms with Crippen LogP contribution >= 0.6 is 34.2 Å². The molecule has 0 atom stereocenters. The molecule has 0 aliphatic rings. The van der Waals surface area contributed by atoms with E-state index in [2.05, 4.69) is 15.1 Å². The lowest BCUT2D eigenvalue weighted by Crippen LogP contribution is -2.06. The molecule has 0 aliphatic heterocycles. The maximum atomic E-state index is 13.8. The van der Waals surface area contributed by atoms with E-state index in [0.29, 0.717) is 39.6 Å². The first-order valence-corrected chi connectivity index (χ1v) is 7.89. The van der Waals surface area contributed by atoms with Gasteiger partial charge in [-0.2, -0.15) is 4.98 Å². The molecule has 0 unspecified atom stereocenters. The summed E-state index contributed by atoms with van der Waals surface area (Å²) in [5.41, 5.74) is 1.43. The largest absolute Gasteiger partial charge is 0.337 e. The molecule has 5 nitrogen and oxygen atoms in total. The monoisotopic (exact) mass is 420 g/mol. The molecule has 0 bridgehead atoms. The number of alkyl halides is 1. The van der Waals surface area contributed by atoms with Gasteiger partial charge in [-0.1, -0.05) is 5.16 Å². The van der Waals surface area contributed by atoms with E-state index < -0.39 is 0 Å². The molecule has 8 heteroatoms. The van der Waals surface area contributed by atoms with E-state index in [-0.39, 0.29) is 5.82 Å². The minimum Gasteiger partial charge on any atom is -0.337 e. The predicted molar refractivity (Wildman–Crippen MR) is 85.0 cm³/mol. The average Bonchev–Trinajstić information content (AvgIpc) is 2.97. The fourth-order valence-corrected chi connectivity index (χ4v) is 2.78. The Balaban J connectivity index is 2.12. The van der Waals surface area contributed by atoms with Crippen LogP contribution in [0.2, 0.25) is 0 Å². The first kappa shape index (κ1) is 14.7. The van der Waals surface area contributed by atoms with Crippen molar-refractivity contribution in [3.63, 3.8) is 0 Å². The molecular formula is C13H11ClFIN4O. The van der Waals surface area contributed by atoms with Gasteiger partial charge in [0.05, 0.1) is 14.6 Å². The quantitative estimate of drug-likeness (QED) is 0.480. The standard InChI is InChI=1S/C13H11ClFIN4O/c1-7-17-13(21-19-7)6-20-11-4-8(15)9(16)5-10(11)18-12(20)2-3-14/h4-5H,2-3,6H2,1H3. The van der Waals surface area contributed by atoms with Crippen molar-refractivity contribution in [1.82, 2.24) is 19.7 Å². The maximum absolute atomic E-state index is 13.8. The highest BCUT2D eigenvalue weighted by Gasteiger charge is 2.15. The molecule has 0 aliphatic carbocycles. The summed E-state index contributed by atoms with van der Waals surface area (Å²) in [5, 5.41) is 3.76. The fraction of sp³-hybridized carbons (Fsp3) is 0.308. The first-order valence-electron chi connectivity index (χ1n) is 6.28. The number of benzene rings is 1. The smallest absolute Gasteiger partial charge is 0.246 e. The highest BCUT2D eigenvalue weighted by molar-refractivity contribution is 14.1. The SMILES string of the molecule is Cc1noc(Cn2c(CCCl)nc3cc(I)c(F)cc32)n1. The molecule has 0 spiro atoms. The van der Waals surface area contributed by atoms with Crippen LogP contribution in [0.25, 0.3) is 11.0 Å². The third-order valence-electron chi connectivity index (χ3n) is 3.05. The number of aromatic nitrogens is 4. The van der Waals surface area contributed by atoms with Crippen LogP contribution < -0.4 is 0 Å². The second kappa shape index (κ2) is 5.88. The molecule has 2 heterocycles. The van der Waals surface area contributed by atoms with Gasteiger partial charge < -0.3 is 9.09 Å². The second-order valence-corrected chi connectivity index (χ2v) is 6.08. The topological polar surface area (TPSA) is 56.7 Å². The summed E-state index contributed by atoms with van der Waals surface area (Å²) in [4.78, 5) is 8.70. The Morgan fingerprint density at radius 2 is 2.19 bits per heavy atom. The Morgan fingerprint density at radius 1 is 1.38 bits per heavy atom. The fourth-order valence-electron chi connectivity index (χ4n) is 2.16. The number of halogens is 3.